The Hall–Kier alpha value is -1.74. The van der Waals surface area contributed by atoms with Crippen molar-refractivity contribution >= 4 is 0 Å². The molecule has 1 aromatic carbocycles. The molecule has 0 saturated carbocycles. The largest absolute Gasteiger partial charge is 0.490 e. The van der Waals surface area contributed by atoms with Gasteiger partial charge in [-0.3, -0.25) is 0 Å². The molecule has 0 aromatic heterocycles. The number of nitrogens with two attached hydrogens (primary N) is 1. The zero-order valence-corrected chi connectivity index (χ0v) is 10.7. The molecule has 0 fully saturated rings. The van der Waals surface area contributed by atoms with Crippen molar-refractivity contribution in [1.82, 2.24) is 0 Å². The first-order valence-corrected chi connectivity index (χ1v) is 5.72. The summed E-state index contributed by atoms with van der Waals surface area (Å²) in [7, 11) is 0. The number of rotatable bonds is 4. The van der Waals surface area contributed by atoms with Crippen molar-refractivity contribution in [3.05, 3.63) is 29.3 Å². The standard InChI is InChI=1S/C13H15F3N2O/c1-3-12(2,18)8-19-11-5-4-10(13(14,15)16)6-9(11)7-17/h4-6H,3,8,18H2,1-2H3. The molecule has 0 heterocycles. The molecule has 0 aliphatic rings. The Kier molecular flexibility index (Phi) is 4.43. The highest BCUT2D eigenvalue weighted by atomic mass is 19.4. The van der Waals surface area contributed by atoms with Crippen LogP contribution in [0.2, 0.25) is 0 Å². The van der Waals surface area contributed by atoms with Gasteiger partial charge in [0.2, 0.25) is 0 Å². The van der Waals surface area contributed by atoms with Gasteiger partial charge >= 0.3 is 6.18 Å². The summed E-state index contributed by atoms with van der Waals surface area (Å²) in [5.74, 6) is 0.112. The van der Waals surface area contributed by atoms with Gasteiger partial charge in [0.1, 0.15) is 18.4 Å². The molecule has 19 heavy (non-hydrogen) atoms. The molecule has 1 unspecified atom stereocenters. The third kappa shape index (κ3) is 4.14. The number of hydrogen-bond donors (Lipinski definition) is 1. The predicted molar refractivity (Wildman–Crippen MR) is 64.5 cm³/mol. The quantitative estimate of drug-likeness (QED) is 0.916. The Morgan fingerprint density at radius 2 is 2.00 bits per heavy atom. The molecule has 0 bridgehead atoms. The summed E-state index contributed by atoms with van der Waals surface area (Å²) in [5.41, 5.74) is 4.25. The highest BCUT2D eigenvalue weighted by molar-refractivity contribution is 5.46. The SMILES string of the molecule is CCC(C)(N)COc1ccc(C(F)(F)F)cc1C#N. The van der Waals surface area contributed by atoms with Gasteiger partial charge in [0.25, 0.3) is 0 Å². The predicted octanol–water partition coefficient (Wildman–Crippen LogP) is 3.08. The van der Waals surface area contributed by atoms with Crippen LogP contribution in [0.4, 0.5) is 13.2 Å². The van der Waals surface area contributed by atoms with Gasteiger partial charge in [0.05, 0.1) is 11.1 Å². The lowest BCUT2D eigenvalue weighted by atomic mass is 10.0. The summed E-state index contributed by atoms with van der Waals surface area (Å²) in [4.78, 5) is 0. The molecule has 0 aliphatic carbocycles. The van der Waals surface area contributed by atoms with Crippen molar-refractivity contribution in [2.24, 2.45) is 5.73 Å². The lowest BCUT2D eigenvalue weighted by molar-refractivity contribution is -0.137. The highest BCUT2D eigenvalue weighted by Crippen LogP contribution is 2.32. The molecule has 0 amide bonds. The van der Waals surface area contributed by atoms with Crippen molar-refractivity contribution in [2.45, 2.75) is 32.0 Å². The molecule has 0 radical (unpaired) electrons. The van der Waals surface area contributed by atoms with E-state index >= 15 is 0 Å². The van der Waals surface area contributed by atoms with E-state index in [1.54, 1.807) is 13.0 Å². The third-order valence-electron chi connectivity index (χ3n) is 2.79. The molecule has 0 aliphatic heterocycles. The van der Waals surface area contributed by atoms with Crippen molar-refractivity contribution < 1.29 is 17.9 Å². The van der Waals surface area contributed by atoms with Crippen molar-refractivity contribution in [2.75, 3.05) is 6.61 Å². The van der Waals surface area contributed by atoms with Gasteiger partial charge in [0, 0.05) is 5.54 Å². The first-order chi connectivity index (χ1) is 8.69. The fourth-order valence-corrected chi connectivity index (χ4v) is 1.26. The van der Waals surface area contributed by atoms with E-state index in [9.17, 15) is 13.2 Å². The average molecular weight is 272 g/mol. The number of alkyl halides is 3. The number of hydrogen-bond acceptors (Lipinski definition) is 3. The second-order valence-corrected chi connectivity index (χ2v) is 4.62. The topological polar surface area (TPSA) is 59.0 Å². The summed E-state index contributed by atoms with van der Waals surface area (Å²) < 4.78 is 42.8. The lowest BCUT2D eigenvalue weighted by Crippen LogP contribution is -2.41. The van der Waals surface area contributed by atoms with Crippen LogP contribution in [0.15, 0.2) is 18.2 Å². The van der Waals surface area contributed by atoms with E-state index < -0.39 is 17.3 Å². The van der Waals surface area contributed by atoms with Crippen molar-refractivity contribution in [3.63, 3.8) is 0 Å². The van der Waals surface area contributed by atoms with Gasteiger partial charge in [-0.15, -0.1) is 0 Å². The molecular weight excluding hydrogens is 257 g/mol. The van der Waals surface area contributed by atoms with Crippen LogP contribution in [-0.4, -0.2) is 12.1 Å². The summed E-state index contributed by atoms with van der Waals surface area (Å²) in [6.07, 6.45) is -3.83. The van der Waals surface area contributed by atoms with E-state index in [0.29, 0.717) is 6.42 Å². The number of nitriles is 1. The van der Waals surface area contributed by atoms with Gasteiger partial charge in [-0.25, -0.2) is 0 Å². The minimum absolute atomic E-state index is 0.112. The van der Waals surface area contributed by atoms with Crippen LogP contribution in [0.1, 0.15) is 31.4 Å². The number of halogens is 3. The van der Waals surface area contributed by atoms with Crippen LogP contribution < -0.4 is 10.5 Å². The van der Waals surface area contributed by atoms with Crippen molar-refractivity contribution in [1.29, 1.82) is 5.26 Å². The maximum atomic E-state index is 12.5. The van der Waals surface area contributed by atoms with Gasteiger partial charge in [-0.2, -0.15) is 18.4 Å². The Balaban J connectivity index is 2.96. The normalized spacial score (nSPS) is 14.6. The van der Waals surface area contributed by atoms with Crippen LogP contribution in [0.5, 0.6) is 5.75 Å². The van der Waals surface area contributed by atoms with E-state index in [0.717, 1.165) is 18.2 Å². The zero-order valence-electron chi connectivity index (χ0n) is 10.7. The number of ether oxygens (including phenoxy) is 1. The van der Waals surface area contributed by atoms with E-state index in [1.165, 1.54) is 0 Å². The molecule has 3 nitrogen and oxygen atoms in total. The van der Waals surface area contributed by atoms with Crippen LogP contribution in [0.3, 0.4) is 0 Å². The molecule has 1 aromatic rings. The molecule has 1 atom stereocenters. The highest BCUT2D eigenvalue weighted by Gasteiger charge is 2.31. The zero-order chi connectivity index (χ0) is 14.7. The first kappa shape index (κ1) is 15.3. The maximum absolute atomic E-state index is 12.5. The summed E-state index contributed by atoms with van der Waals surface area (Å²) in [6, 6.07) is 4.50. The number of nitrogens with zero attached hydrogens (tertiary/aromatic N) is 1. The van der Waals surface area contributed by atoms with Gasteiger partial charge in [-0.1, -0.05) is 6.92 Å². The minimum atomic E-state index is -4.48. The molecule has 0 spiro atoms. The number of benzene rings is 1. The van der Waals surface area contributed by atoms with Gasteiger partial charge in [-0.05, 0) is 31.5 Å². The molecule has 1 rings (SSSR count). The van der Waals surface area contributed by atoms with E-state index in [1.807, 2.05) is 6.92 Å². The monoisotopic (exact) mass is 272 g/mol. The summed E-state index contributed by atoms with van der Waals surface area (Å²) in [6.45, 7) is 3.77. The fourth-order valence-electron chi connectivity index (χ4n) is 1.26. The molecule has 104 valence electrons. The third-order valence-corrected chi connectivity index (χ3v) is 2.79. The van der Waals surface area contributed by atoms with Crippen LogP contribution >= 0.6 is 0 Å². The Morgan fingerprint density at radius 1 is 1.37 bits per heavy atom. The van der Waals surface area contributed by atoms with Crippen molar-refractivity contribution in [3.8, 4) is 11.8 Å². The summed E-state index contributed by atoms with van der Waals surface area (Å²) >= 11 is 0. The van der Waals surface area contributed by atoms with Gasteiger partial charge in [0.15, 0.2) is 0 Å². The molecule has 2 N–H and O–H groups in total. The van der Waals surface area contributed by atoms with Crippen LogP contribution in [0, 0.1) is 11.3 Å². The Morgan fingerprint density at radius 3 is 2.47 bits per heavy atom. The molecule has 6 heteroatoms. The van der Waals surface area contributed by atoms with E-state index in [-0.39, 0.29) is 17.9 Å². The van der Waals surface area contributed by atoms with Gasteiger partial charge < -0.3 is 10.5 Å². The fraction of sp³-hybridized carbons (Fsp3) is 0.462. The van der Waals surface area contributed by atoms with Crippen LogP contribution in [-0.2, 0) is 6.18 Å². The summed E-state index contributed by atoms with van der Waals surface area (Å²) in [5, 5.41) is 8.87. The molecule has 0 saturated heterocycles. The lowest BCUT2D eigenvalue weighted by Gasteiger charge is -2.23. The van der Waals surface area contributed by atoms with E-state index in [4.69, 9.17) is 15.7 Å². The van der Waals surface area contributed by atoms with Crippen LogP contribution in [0.25, 0.3) is 0 Å². The Bertz CT molecular complexity index is 490. The molecular formula is C13H15F3N2O. The second kappa shape index (κ2) is 5.49. The second-order valence-electron chi connectivity index (χ2n) is 4.62. The smallest absolute Gasteiger partial charge is 0.416 e. The average Bonchev–Trinajstić information content (AvgIpc) is 2.35. The minimum Gasteiger partial charge on any atom is -0.490 e. The van der Waals surface area contributed by atoms with E-state index in [2.05, 4.69) is 0 Å². The Labute approximate surface area is 109 Å². The first-order valence-electron chi connectivity index (χ1n) is 5.72. The maximum Gasteiger partial charge on any atom is 0.416 e.